The number of aryl methyl sites for hydroxylation is 1. The minimum Gasteiger partial charge on any atom is -0.480 e. The molecule has 33 heavy (non-hydrogen) atoms. The van der Waals surface area contributed by atoms with Gasteiger partial charge in [0.15, 0.2) is 5.82 Å². The Bertz CT molecular complexity index is 1370. The van der Waals surface area contributed by atoms with Gasteiger partial charge in [0.2, 0.25) is 0 Å². The Morgan fingerprint density at radius 2 is 1.94 bits per heavy atom. The minimum atomic E-state index is -0.947. The number of hydrogen-bond donors (Lipinski definition) is 2. The maximum Gasteiger partial charge on any atom is 0.323 e. The van der Waals surface area contributed by atoms with Crippen molar-refractivity contribution in [1.29, 1.82) is 0 Å². The number of amides is 1. The fourth-order valence-electron chi connectivity index (χ4n) is 4.87. The lowest BCUT2D eigenvalue weighted by molar-refractivity contribution is -0.137. The lowest BCUT2D eigenvalue weighted by atomic mass is 10.1. The number of nitrogens with two attached hydrogens (primary N) is 1. The Hall–Kier alpha value is -3.65. The quantitative estimate of drug-likeness (QED) is 0.490. The van der Waals surface area contributed by atoms with E-state index in [-0.39, 0.29) is 18.5 Å². The topological polar surface area (TPSA) is 106 Å². The Labute approximate surface area is 191 Å². The number of benzene rings is 2. The fraction of sp³-hybridized carbons (Fsp3) is 0.320. The summed E-state index contributed by atoms with van der Waals surface area (Å²) in [5, 5.41) is 10.7. The highest BCUT2D eigenvalue weighted by Gasteiger charge is 2.24. The maximum absolute atomic E-state index is 13.1. The Morgan fingerprint density at radius 1 is 1.12 bits per heavy atom. The number of aromatic nitrogens is 3. The largest absolute Gasteiger partial charge is 0.480 e. The van der Waals surface area contributed by atoms with Gasteiger partial charge in [-0.2, -0.15) is 0 Å². The molecule has 0 unspecified atom stereocenters. The molecule has 0 aliphatic carbocycles. The number of nitrogens with zero attached hydrogens (tertiary/aromatic N) is 4. The molecule has 4 aromatic rings. The molecule has 1 aliphatic heterocycles. The highest BCUT2D eigenvalue weighted by molar-refractivity contribution is 5.98. The third-order valence-electron chi connectivity index (χ3n) is 6.39. The molecule has 0 radical (unpaired) electrons. The first kappa shape index (κ1) is 21.2. The third kappa shape index (κ3) is 3.76. The average Bonchev–Trinajstić information content (AvgIpc) is 3.35. The van der Waals surface area contributed by atoms with E-state index in [1.54, 1.807) is 27.7 Å². The van der Waals surface area contributed by atoms with E-state index in [4.69, 9.17) is 10.7 Å². The Balaban J connectivity index is 1.63. The molecule has 2 aromatic heterocycles. The number of rotatable bonds is 5. The van der Waals surface area contributed by atoms with E-state index in [0.29, 0.717) is 35.5 Å². The molecule has 8 nitrogen and oxygen atoms in total. The summed E-state index contributed by atoms with van der Waals surface area (Å²) in [7, 11) is 0. The van der Waals surface area contributed by atoms with Gasteiger partial charge in [-0.05, 0) is 50.1 Å². The predicted molar refractivity (Wildman–Crippen MR) is 127 cm³/mol. The van der Waals surface area contributed by atoms with Crippen LogP contribution in [0.25, 0.3) is 33.5 Å². The zero-order valence-corrected chi connectivity index (χ0v) is 18.6. The number of hydrogen-bond acceptors (Lipinski definition) is 4. The van der Waals surface area contributed by atoms with Gasteiger partial charge in [-0.1, -0.05) is 18.2 Å². The molecule has 1 fully saturated rings. The lowest BCUT2D eigenvalue weighted by Gasteiger charge is -2.30. The van der Waals surface area contributed by atoms with Gasteiger partial charge >= 0.3 is 5.97 Å². The second-order valence-corrected chi connectivity index (χ2v) is 8.60. The number of carbonyl (C=O) groups is 2. The molecular formula is C25H27N5O3. The molecule has 3 heterocycles. The molecule has 8 heteroatoms. The van der Waals surface area contributed by atoms with Gasteiger partial charge in [-0.15, -0.1) is 0 Å². The van der Waals surface area contributed by atoms with E-state index in [0.717, 1.165) is 36.0 Å². The molecule has 0 bridgehead atoms. The summed E-state index contributed by atoms with van der Waals surface area (Å²) in [5.41, 5.74) is 9.81. The van der Waals surface area contributed by atoms with Crippen LogP contribution in [0.4, 0.5) is 0 Å². The first-order chi connectivity index (χ1) is 16.0. The molecule has 0 spiro atoms. The van der Waals surface area contributed by atoms with Crippen molar-refractivity contribution in [3.05, 3.63) is 54.1 Å². The minimum absolute atomic E-state index is 0.00349. The summed E-state index contributed by atoms with van der Waals surface area (Å²) < 4.78 is 3.85. The SMILES string of the molecule is CCn1c(-c2nc3cc(C(=O)N4CCC[C@@H](N)C4)ccc3n2CC(=O)O)cc2ccccc21. The van der Waals surface area contributed by atoms with Crippen LogP contribution in [0.2, 0.25) is 0 Å². The molecule has 1 amide bonds. The third-order valence-corrected chi connectivity index (χ3v) is 6.39. The lowest BCUT2D eigenvalue weighted by Crippen LogP contribution is -2.45. The number of carboxylic acids is 1. The van der Waals surface area contributed by atoms with E-state index < -0.39 is 5.97 Å². The molecule has 2 aromatic carbocycles. The van der Waals surface area contributed by atoms with Crippen molar-refractivity contribution in [3.8, 4) is 11.5 Å². The molecule has 3 N–H and O–H groups in total. The van der Waals surface area contributed by atoms with E-state index >= 15 is 0 Å². The molecule has 5 rings (SSSR count). The number of piperidine rings is 1. The van der Waals surface area contributed by atoms with Gasteiger partial charge in [-0.3, -0.25) is 9.59 Å². The smallest absolute Gasteiger partial charge is 0.323 e. The van der Waals surface area contributed by atoms with Crippen LogP contribution in [-0.4, -0.2) is 55.1 Å². The Morgan fingerprint density at radius 3 is 2.70 bits per heavy atom. The summed E-state index contributed by atoms with van der Waals surface area (Å²) in [6.07, 6.45) is 1.82. The summed E-state index contributed by atoms with van der Waals surface area (Å²) in [5.74, 6) is -0.434. The summed E-state index contributed by atoms with van der Waals surface area (Å²) in [6.45, 7) is 3.80. The van der Waals surface area contributed by atoms with E-state index in [1.807, 2.05) is 30.3 Å². The average molecular weight is 446 g/mol. The normalized spacial score (nSPS) is 16.5. The van der Waals surface area contributed by atoms with Crippen LogP contribution >= 0.6 is 0 Å². The first-order valence-electron chi connectivity index (χ1n) is 11.3. The molecule has 1 aliphatic rings. The molecule has 170 valence electrons. The van der Waals surface area contributed by atoms with Gasteiger partial charge in [0.05, 0.1) is 16.7 Å². The van der Waals surface area contributed by atoms with Crippen molar-refractivity contribution in [2.75, 3.05) is 13.1 Å². The van der Waals surface area contributed by atoms with Crippen molar-refractivity contribution in [2.45, 2.75) is 38.9 Å². The second kappa shape index (κ2) is 8.37. The second-order valence-electron chi connectivity index (χ2n) is 8.60. The standard InChI is InChI=1S/C25H27N5O3/c1-2-29-20-8-4-3-6-16(20)13-22(29)24-27-19-12-17(9-10-21(19)30(24)15-23(31)32)25(33)28-11-5-7-18(26)14-28/h3-4,6,8-10,12-13,18H,2,5,7,11,14-15,26H2,1H3,(H,31,32)/t18-/m1/s1. The van der Waals surface area contributed by atoms with Crippen LogP contribution in [0.3, 0.4) is 0 Å². The molecule has 0 saturated carbocycles. The van der Waals surface area contributed by atoms with Crippen LogP contribution in [0.1, 0.15) is 30.1 Å². The van der Waals surface area contributed by atoms with E-state index in [2.05, 4.69) is 11.5 Å². The van der Waals surface area contributed by atoms with Crippen LogP contribution < -0.4 is 5.73 Å². The van der Waals surface area contributed by atoms with Gasteiger partial charge in [-0.25, -0.2) is 4.98 Å². The molecular weight excluding hydrogens is 418 g/mol. The summed E-state index contributed by atoms with van der Waals surface area (Å²) >= 11 is 0. The van der Waals surface area contributed by atoms with Crippen LogP contribution in [0.15, 0.2) is 48.5 Å². The van der Waals surface area contributed by atoms with Crippen LogP contribution in [0, 0.1) is 0 Å². The number of aliphatic carboxylic acids is 1. The zero-order valence-electron chi connectivity index (χ0n) is 18.6. The number of likely N-dealkylation sites (tertiary alicyclic amines) is 1. The summed E-state index contributed by atoms with van der Waals surface area (Å²) in [4.78, 5) is 31.4. The maximum atomic E-state index is 13.1. The number of carboxylic acid groups (broad SMARTS) is 1. The van der Waals surface area contributed by atoms with Gasteiger partial charge in [0, 0.05) is 42.1 Å². The highest BCUT2D eigenvalue weighted by Crippen LogP contribution is 2.31. The van der Waals surface area contributed by atoms with E-state index in [9.17, 15) is 14.7 Å². The van der Waals surface area contributed by atoms with Crippen molar-refractivity contribution >= 4 is 33.8 Å². The Kier molecular flexibility index (Phi) is 5.38. The van der Waals surface area contributed by atoms with Crippen molar-refractivity contribution in [2.24, 2.45) is 5.73 Å². The van der Waals surface area contributed by atoms with Crippen LogP contribution in [-0.2, 0) is 17.9 Å². The number of para-hydroxylation sites is 1. The highest BCUT2D eigenvalue weighted by atomic mass is 16.4. The van der Waals surface area contributed by atoms with Crippen LogP contribution in [0.5, 0.6) is 0 Å². The van der Waals surface area contributed by atoms with Crippen molar-refractivity contribution < 1.29 is 14.7 Å². The number of imidazole rings is 1. The number of fused-ring (bicyclic) bond motifs is 2. The zero-order chi connectivity index (χ0) is 23.1. The van der Waals surface area contributed by atoms with Gasteiger partial charge in [0.25, 0.3) is 5.91 Å². The monoisotopic (exact) mass is 445 g/mol. The predicted octanol–water partition coefficient (Wildman–Crippen LogP) is 3.33. The van der Waals surface area contributed by atoms with Crippen molar-refractivity contribution in [3.63, 3.8) is 0 Å². The first-order valence-corrected chi connectivity index (χ1v) is 11.3. The molecule has 1 saturated heterocycles. The number of carbonyl (C=O) groups excluding carboxylic acids is 1. The molecule has 1 atom stereocenters. The van der Waals surface area contributed by atoms with E-state index in [1.165, 1.54) is 0 Å². The van der Waals surface area contributed by atoms with Gasteiger partial charge in [0.1, 0.15) is 6.54 Å². The van der Waals surface area contributed by atoms with Crippen molar-refractivity contribution in [1.82, 2.24) is 19.0 Å². The summed E-state index contributed by atoms with van der Waals surface area (Å²) in [6, 6.07) is 15.4. The van der Waals surface area contributed by atoms with Gasteiger partial charge < -0.3 is 24.9 Å². The fourth-order valence-corrected chi connectivity index (χ4v) is 4.87.